The average molecular weight is 250 g/mol. The van der Waals surface area contributed by atoms with Crippen molar-refractivity contribution in [2.45, 2.75) is 45.9 Å². The van der Waals surface area contributed by atoms with Gasteiger partial charge in [0.25, 0.3) is 5.91 Å². The van der Waals surface area contributed by atoms with Crippen LogP contribution in [0.25, 0.3) is 0 Å². The largest absolute Gasteiger partial charge is 0.363 e. The molecule has 1 aromatic carbocycles. The molecule has 1 amide bonds. The molecule has 1 unspecified atom stereocenters. The van der Waals surface area contributed by atoms with Gasteiger partial charge in [-0.05, 0) is 45.4 Å². The zero-order chi connectivity index (χ0) is 13.8. The monoisotopic (exact) mass is 250 g/mol. The number of benzene rings is 1. The first-order valence-corrected chi connectivity index (χ1v) is 6.09. The molecule has 18 heavy (non-hydrogen) atoms. The smallest absolute Gasteiger partial charge is 0.253 e. The highest BCUT2D eigenvalue weighted by Crippen LogP contribution is 2.14. The molecule has 0 aliphatic heterocycles. The van der Waals surface area contributed by atoms with Crippen molar-refractivity contribution in [2.75, 3.05) is 5.32 Å². The molecule has 0 saturated carbocycles. The van der Waals surface area contributed by atoms with Gasteiger partial charge in [0.1, 0.15) is 6.10 Å². The van der Waals surface area contributed by atoms with Crippen molar-refractivity contribution in [3.63, 3.8) is 0 Å². The number of ether oxygens (including phenoxy) is 1. The summed E-state index contributed by atoms with van der Waals surface area (Å²) in [5.41, 5.74) is 6.94. The van der Waals surface area contributed by atoms with E-state index in [1.54, 1.807) is 6.92 Å². The summed E-state index contributed by atoms with van der Waals surface area (Å²) in [6.45, 7) is 7.97. The molecule has 1 rings (SSSR count). The molecule has 0 aromatic heterocycles. The second-order valence-electron chi connectivity index (χ2n) is 5.27. The summed E-state index contributed by atoms with van der Waals surface area (Å²) in [6, 6.07) is 7.49. The van der Waals surface area contributed by atoms with E-state index >= 15 is 0 Å². The Balaban J connectivity index is 2.63. The molecule has 0 saturated heterocycles. The molecule has 0 radical (unpaired) electrons. The van der Waals surface area contributed by atoms with Gasteiger partial charge in [0.2, 0.25) is 0 Å². The summed E-state index contributed by atoms with van der Waals surface area (Å²) in [6.07, 6.45) is -0.494. The highest BCUT2D eigenvalue weighted by atomic mass is 16.5. The van der Waals surface area contributed by atoms with E-state index < -0.39 is 6.10 Å². The van der Waals surface area contributed by atoms with Gasteiger partial charge in [0, 0.05) is 12.2 Å². The van der Waals surface area contributed by atoms with E-state index in [-0.39, 0.29) is 11.5 Å². The lowest BCUT2D eigenvalue weighted by Gasteiger charge is -2.24. The van der Waals surface area contributed by atoms with Crippen LogP contribution in [-0.2, 0) is 16.1 Å². The van der Waals surface area contributed by atoms with Gasteiger partial charge in [-0.15, -0.1) is 0 Å². The summed E-state index contributed by atoms with van der Waals surface area (Å²) in [7, 11) is 0. The lowest BCUT2D eigenvalue weighted by Crippen LogP contribution is -2.34. The molecule has 3 N–H and O–H groups in total. The van der Waals surface area contributed by atoms with Gasteiger partial charge in [0.05, 0.1) is 5.60 Å². The third-order valence-electron chi connectivity index (χ3n) is 2.33. The Hall–Kier alpha value is -1.39. The Morgan fingerprint density at radius 1 is 1.44 bits per heavy atom. The van der Waals surface area contributed by atoms with Crippen molar-refractivity contribution in [1.82, 2.24) is 0 Å². The summed E-state index contributed by atoms with van der Waals surface area (Å²) in [5.74, 6) is -0.154. The fourth-order valence-electron chi connectivity index (χ4n) is 1.60. The molecular formula is C14H22N2O2. The number of rotatable bonds is 4. The van der Waals surface area contributed by atoms with Gasteiger partial charge < -0.3 is 15.8 Å². The van der Waals surface area contributed by atoms with Crippen LogP contribution in [0.4, 0.5) is 5.69 Å². The van der Waals surface area contributed by atoms with Crippen molar-refractivity contribution < 1.29 is 9.53 Å². The van der Waals surface area contributed by atoms with E-state index in [4.69, 9.17) is 10.5 Å². The van der Waals surface area contributed by atoms with Crippen LogP contribution in [0.1, 0.15) is 33.3 Å². The minimum Gasteiger partial charge on any atom is -0.363 e. The van der Waals surface area contributed by atoms with Crippen molar-refractivity contribution in [3.05, 3.63) is 29.8 Å². The number of nitrogens with two attached hydrogens (primary N) is 1. The number of carbonyl (C=O) groups excluding carboxylic acids is 1. The van der Waals surface area contributed by atoms with Gasteiger partial charge in [0.15, 0.2) is 0 Å². The van der Waals surface area contributed by atoms with E-state index in [0.29, 0.717) is 6.54 Å². The standard InChI is InChI=1S/C14H22N2O2/c1-10(18-14(2,3)4)13(17)16-12-7-5-6-11(8-12)9-15/h5-8,10H,9,15H2,1-4H3,(H,16,17). The molecule has 0 heterocycles. The number of anilines is 1. The molecule has 0 aliphatic carbocycles. The van der Waals surface area contributed by atoms with Gasteiger partial charge in [-0.3, -0.25) is 4.79 Å². The Labute approximate surface area is 109 Å². The van der Waals surface area contributed by atoms with Crippen molar-refractivity contribution in [2.24, 2.45) is 5.73 Å². The summed E-state index contributed by atoms with van der Waals surface area (Å²) < 4.78 is 5.59. The van der Waals surface area contributed by atoms with Crippen LogP contribution in [0, 0.1) is 0 Å². The molecular weight excluding hydrogens is 228 g/mol. The zero-order valence-electron chi connectivity index (χ0n) is 11.5. The minimum absolute atomic E-state index is 0.154. The maximum atomic E-state index is 11.9. The van der Waals surface area contributed by atoms with Gasteiger partial charge >= 0.3 is 0 Å². The van der Waals surface area contributed by atoms with Crippen molar-refractivity contribution in [3.8, 4) is 0 Å². The van der Waals surface area contributed by atoms with Gasteiger partial charge in [-0.1, -0.05) is 12.1 Å². The highest BCUT2D eigenvalue weighted by molar-refractivity contribution is 5.93. The average Bonchev–Trinajstić information content (AvgIpc) is 2.27. The minimum atomic E-state index is -0.494. The maximum Gasteiger partial charge on any atom is 0.253 e. The first-order valence-electron chi connectivity index (χ1n) is 6.09. The number of carbonyl (C=O) groups is 1. The normalized spacial score (nSPS) is 13.2. The second-order valence-corrected chi connectivity index (χ2v) is 5.27. The van der Waals surface area contributed by atoms with Crippen molar-refractivity contribution >= 4 is 11.6 Å². The Bertz CT molecular complexity index is 411. The van der Waals surface area contributed by atoms with Crippen LogP contribution in [0.3, 0.4) is 0 Å². The number of hydrogen-bond acceptors (Lipinski definition) is 3. The molecule has 0 aliphatic rings. The molecule has 0 spiro atoms. The predicted molar refractivity (Wildman–Crippen MR) is 73.3 cm³/mol. The van der Waals surface area contributed by atoms with Crippen LogP contribution in [0.2, 0.25) is 0 Å². The van der Waals surface area contributed by atoms with Crippen molar-refractivity contribution in [1.29, 1.82) is 0 Å². The molecule has 0 bridgehead atoms. The quantitative estimate of drug-likeness (QED) is 0.861. The summed E-state index contributed by atoms with van der Waals surface area (Å²) >= 11 is 0. The van der Waals surface area contributed by atoms with Crippen LogP contribution in [0.15, 0.2) is 24.3 Å². The molecule has 4 heteroatoms. The van der Waals surface area contributed by atoms with E-state index in [2.05, 4.69) is 5.32 Å². The van der Waals surface area contributed by atoms with E-state index in [9.17, 15) is 4.79 Å². The van der Waals surface area contributed by atoms with Gasteiger partial charge in [-0.2, -0.15) is 0 Å². The number of nitrogens with one attached hydrogen (secondary N) is 1. The summed E-state index contributed by atoms with van der Waals surface area (Å²) in [5, 5.41) is 2.82. The number of amides is 1. The predicted octanol–water partition coefficient (Wildman–Crippen LogP) is 2.29. The van der Waals surface area contributed by atoms with E-state index in [0.717, 1.165) is 11.3 Å². The van der Waals surface area contributed by atoms with Crippen LogP contribution in [-0.4, -0.2) is 17.6 Å². The van der Waals surface area contributed by atoms with Gasteiger partial charge in [-0.25, -0.2) is 0 Å². The van der Waals surface area contributed by atoms with Crippen LogP contribution in [0.5, 0.6) is 0 Å². The lowest BCUT2D eigenvalue weighted by molar-refractivity contribution is -0.135. The first kappa shape index (κ1) is 14.7. The van der Waals surface area contributed by atoms with Crippen LogP contribution < -0.4 is 11.1 Å². The highest BCUT2D eigenvalue weighted by Gasteiger charge is 2.20. The molecule has 0 fully saturated rings. The third-order valence-corrected chi connectivity index (χ3v) is 2.33. The first-order chi connectivity index (χ1) is 8.31. The molecule has 4 nitrogen and oxygen atoms in total. The SMILES string of the molecule is CC(OC(C)(C)C)C(=O)Nc1cccc(CN)c1. The molecule has 1 aromatic rings. The Morgan fingerprint density at radius 2 is 2.11 bits per heavy atom. The zero-order valence-corrected chi connectivity index (χ0v) is 11.5. The second kappa shape index (κ2) is 5.98. The summed E-state index contributed by atoms with van der Waals surface area (Å²) in [4.78, 5) is 11.9. The molecule has 1 atom stereocenters. The fourth-order valence-corrected chi connectivity index (χ4v) is 1.60. The Kier molecular flexibility index (Phi) is 4.87. The van der Waals surface area contributed by atoms with E-state index in [1.165, 1.54) is 0 Å². The number of hydrogen-bond donors (Lipinski definition) is 2. The molecule has 100 valence electrons. The van der Waals surface area contributed by atoms with Crippen LogP contribution >= 0.6 is 0 Å². The third kappa shape index (κ3) is 4.85. The lowest BCUT2D eigenvalue weighted by atomic mass is 10.1. The Morgan fingerprint density at radius 3 is 2.67 bits per heavy atom. The fraction of sp³-hybridized carbons (Fsp3) is 0.500. The maximum absolute atomic E-state index is 11.9. The topological polar surface area (TPSA) is 64.3 Å². The van der Waals surface area contributed by atoms with E-state index in [1.807, 2.05) is 45.0 Å².